The topological polar surface area (TPSA) is 12.5 Å². The predicted molar refractivity (Wildman–Crippen MR) is 67.4 cm³/mol. The number of ether oxygens (including phenoxy) is 1. The maximum Gasteiger partial charge on any atom is 1.00 e. The van der Waals surface area contributed by atoms with Crippen LogP contribution in [0, 0.1) is 0 Å². The normalized spacial score (nSPS) is 19.7. The number of thiol groups is 1. The Balaban J connectivity index is 0.00000128. The molecule has 1 heterocycles. The van der Waals surface area contributed by atoms with Crippen LogP contribution < -0.4 is 34.5 Å². The van der Waals surface area contributed by atoms with Crippen LogP contribution in [0.25, 0.3) is 0 Å². The van der Waals surface area contributed by atoms with Gasteiger partial charge in [-0.15, -0.1) is 12.6 Å². The standard InChI is InChI=1S/C11H14ClNOS.Na.H/c1-14-8-5-6-13(7-8)9-3-2-4-10(15)11(9)12;;/h2-4,8,15H,5-7H2,1H3;;/q;+1;-1/t8-;;/m0../s1. The summed E-state index contributed by atoms with van der Waals surface area (Å²) in [5.41, 5.74) is 1.06. The molecule has 0 aromatic heterocycles. The Morgan fingerprint density at radius 3 is 2.94 bits per heavy atom. The summed E-state index contributed by atoms with van der Waals surface area (Å²) in [5.74, 6) is 0. The summed E-state index contributed by atoms with van der Waals surface area (Å²) in [7, 11) is 1.75. The average Bonchev–Trinajstić information content (AvgIpc) is 2.70. The van der Waals surface area contributed by atoms with Crippen molar-refractivity contribution in [1.82, 2.24) is 0 Å². The van der Waals surface area contributed by atoms with Gasteiger partial charge in [-0.2, -0.15) is 0 Å². The smallest absolute Gasteiger partial charge is 1.00 e. The van der Waals surface area contributed by atoms with E-state index >= 15 is 0 Å². The van der Waals surface area contributed by atoms with E-state index < -0.39 is 0 Å². The van der Waals surface area contributed by atoms with E-state index in [1.54, 1.807) is 7.11 Å². The number of halogens is 1. The van der Waals surface area contributed by atoms with Crippen LogP contribution in [0.3, 0.4) is 0 Å². The fraction of sp³-hybridized carbons (Fsp3) is 0.455. The zero-order valence-electron chi connectivity index (χ0n) is 10.6. The van der Waals surface area contributed by atoms with E-state index in [1.165, 1.54) is 0 Å². The van der Waals surface area contributed by atoms with Crippen LogP contribution >= 0.6 is 24.2 Å². The third kappa shape index (κ3) is 3.09. The van der Waals surface area contributed by atoms with Gasteiger partial charge in [0.1, 0.15) is 0 Å². The van der Waals surface area contributed by atoms with Gasteiger partial charge in [-0.25, -0.2) is 0 Å². The van der Waals surface area contributed by atoms with E-state index in [4.69, 9.17) is 16.3 Å². The fourth-order valence-electron chi connectivity index (χ4n) is 1.89. The number of nitrogens with zero attached hydrogens (tertiary/aromatic N) is 1. The first-order valence-electron chi connectivity index (χ1n) is 4.97. The van der Waals surface area contributed by atoms with E-state index in [0.29, 0.717) is 6.10 Å². The predicted octanol–water partition coefficient (Wildman–Crippen LogP) is -0.0297. The van der Waals surface area contributed by atoms with Crippen LogP contribution in [-0.2, 0) is 4.74 Å². The third-order valence-electron chi connectivity index (χ3n) is 2.78. The molecule has 2 nitrogen and oxygen atoms in total. The van der Waals surface area contributed by atoms with Crippen LogP contribution in [0.4, 0.5) is 5.69 Å². The molecule has 1 aromatic rings. The molecule has 1 aromatic carbocycles. The number of hydrogen-bond acceptors (Lipinski definition) is 3. The molecule has 1 aliphatic heterocycles. The number of hydrogen-bond donors (Lipinski definition) is 1. The van der Waals surface area contributed by atoms with Gasteiger partial charge >= 0.3 is 29.6 Å². The first kappa shape index (κ1) is 14.7. The molecule has 0 bridgehead atoms. The summed E-state index contributed by atoms with van der Waals surface area (Å²) in [6, 6.07) is 5.91. The van der Waals surface area contributed by atoms with Crippen molar-refractivity contribution in [3.63, 3.8) is 0 Å². The van der Waals surface area contributed by atoms with E-state index in [2.05, 4.69) is 17.5 Å². The van der Waals surface area contributed by atoms with Gasteiger partial charge in [-0.3, -0.25) is 0 Å². The number of benzene rings is 1. The van der Waals surface area contributed by atoms with Crippen LogP contribution in [0.15, 0.2) is 23.1 Å². The molecule has 1 atom stereocenters. The maximum atomic E-state index is 6.21. The van der Waals surface area contributed by atoms with Crippen molar-refractivity contribution < 1.29 is 35.7 Å². The number of methoxy groups -OCH3 is 1. The Kier molecular flexibility index (Phi) is 5.99. The van der Waals surface area contributed by atoms with Gasteiger partial charge in [-0.1, -0.05) is 17.7 Å². The summed E-state index contributed by atoms with van der Waals surface area (Å²) in [6.45, 7) is 1.91. The second kappa shape index (κ2) is 6.53. The second-order valence-corrected chi connectivity index (χ2v) is 4.56. The Morgan fingerprint density at radius 1 is 1.56 bits per heavy atom. The molecular formula is C11H15ClNNaOS. The molecular weight excluding hydrogens is 253 g/mol. The summed E-state index contributed by atoms with van der Waals surface area (Å²) in [5, 5.41) is 0.734. The molecule has 1 aliphatic rings. The molecule has 0 saturated carbocycles. The van der Waals surface area contributed by atoms with Crippen LogP contribution in [0.2, 0.25) is 5.02 Å². The Labute approximate surface area is 130 Å². The zero-order valence-corrected chi connectivity index (χ0v) is 13.3. The molecule has 1 saturated heterocycles. The first-order valence-corrected chi connectivity index (χ1v) is 5.80. The average molecular weight is 268 g/mol. The van der Waals surface area contributed by atoms with Gasteiger partial charge in [0.05, 0.1) is 16.8 Å². The van der Waals surface area contributed by atoms with Crippen molar-refractivity contribution >= 4 is 29.9 Å². The van der Waals surface area contributed by atoms with Crippen molar-refractivity contribution in [2.75, 3.05) is 25.1 Å². The van der Waals surface area contributed by atoms with Gasteiger partial charge in [0.15, 0.2) is 0 Å². The minimum atomic E-state index is 0. The van der Waals surface area contributed by atoms with Gasteiger partial charge < -0.3 is 11.1 Å². The van der Waals surface area contributed by atoms with Crippen LogP contribution in [0.5, 0.6) is 0 Å². The maximum absolute atomic E-state index is 6.21. The number of anilines is 1. The fourth-order valence-corrected chi connectivity index (χ4v) is 2.34. The van der Waals surface area contributed by atoms with E-state index in [1.807, 2.05) is 18.2 Å². The van der Waals surface area contributed by atoms with Crippen molar-refractivity contribution in [1.29, 1.82) is 0 Å². The quantitative estimate of drug-likeness (QED) is 0.597. The molecule has 84 valence electrons. The van der Waals surface area contributed by atoms with Gasteiger partial charge in [0, 0.05) is 25.1 Å². The van der Waals surface area contributed by atoms with Gasteiger partial charge in [-0.05, 0) is 18.6 Å². The Bertz CT molecular complexity index is 369. The van der Waals surface area contributed by atoms with Crippen molar-refractivity contribution in [3.8, 4) is 0 Å². The summed E-state index contributed by atoms with van der Waals surface area (Å²) >= 11 is 10.5. The summed E-state index contributed by atoms with van der Waals surface area (Å²) < 4.78 is 5.33. The monoisotopic (exact) mass is 267 g/mol. The molecule has 16 heavy (non-hydrogen) atoms. The molecule has 0 radical (unpaired) electrons. The largest absolute Gasteiger partial charge is 1.00 e. The molecule has 0 spiro atoms. The molecule has 0 amide bonds. The molecule has 5 heteroatoms. The number of rotatable bonds is 2. The molecule has 2 rings (SSSR count). The van der Waals surface area contributed by atoms with Crippen LogP contribution in [-0.4, -0.2) is 26.3 Å². The van der Waals surface area contributed by atoms with Crippen molar-refractivity contribution in [3.05, 3.63) is 23.2 Å². The Morgan fingerprint density at radius 2 is 2.31 bits per heavy atom. The van der Waals surface area contributed by atoms with Crippen LogP contribution in [0.1, 0.15) is 7.85 Å². The van der Waals surface area contributed by atoms with Gasteiger partial charge in [0.2, 0.25) is 0 Å². The zero-order chi connectivity index (χ0) is 10.8. The minimum absolute atomic E-state index is 0. The first-order chi connectivity index (χ1) is 7.22. The van der Waals surface area contributed by atoms with E-state index in [0.717, 1.165) is 35.1 Å². The Hall–Kier alpha value is 0.620. The molecule has 0 N–H and O–H groups in total. The molecule has 1 fully saturated rings. The van der Waals surface area contributed by atoms with Crippen molar-refractivity contribution in [2.24, 2.45) is 0 Å². The summed E-state index contributed by atoms with van der Waals surface area (Å²) in [6.07, 6.45) is 1.38. The van der Waals surface area contributed by atoms with Crippen molar-refractivity contribution in [2.45, 2.75) is 17.4 Å². The second-order valence-electron chi connectivity index (χ2n) is 3.70. The minimum Gasteiger partial charge on any atom is -1.00 e. The SMILES string of the molecule is CO[C@H]1CCN(c2cccc(S)c2Cl)C1.[H-].[Na+]. The van der Waals surface area contributed by atoms with E-state index in [-0.39, 0.29) is 31.0 Å². The van der Waals surface area contributed by atoms with E-state index in [9.17, 15) is 0 Å². The molecule has 0 unspecified atom stereocenters. The third-order valence-corrected chi connectivity index (χ3v) is 3.68. The molecule has 0 aliphatic carbocycles. The summed E-state index contributed by atoms with van der Waals surface area (Å²) in [4.78, 5) is 3.07. The van der Waals surface area contributed by atoms with Gasteiger partial charge in [0.25, 0.3) is 0 Å².